The van der Waals surface area contributed by atoms with E-state index in [9.17, 15) is 4.79 Å². The van der Waals surface area contributed by atoms with Crippen LogP contribution in [-0.4, -0.2) is 41.2 Å². The van der Waals surface area contributed by atoms with Crippen LogP contribution in [-0.2, 0) is 11.3 Å². The van der Waals surface area contributed by atoms with Crippen molar-refractivity contribution in [2.75, 3.05) is 19.4 Å². The lowest BCUT2D eigenvalue weighted by molar-refractivity contribution is -0.122. The lowest BCUT2D eigenvalue weighted by Crippen LogP contribution is -2.30. The molecule has 1 unspecified atom stereocenters. The molecule has 8 heteroatoms. The number of hydrogen-bond donors (Lipinski definition) is 2. The predicted octanol–water partition coefficient (Wildman–Crippen LogP) is 3.18. The molecular formula is C15H18Cl2N4O2. The number of anilines is 1. The third kappa shape index (κ3) is 5.13. The molecule has 0 fully saturated rings. The minimum Gasteiger partial charge on any atom is -0.479 e. The van der Waals surface area contributed by atoms with Crippen molar-refractivity contribution in [1.82, 2.24) is 15.1 Å². The molecule has 1 atom stereocenters. The zero-order chi connectivity index (χ0) is 17.0. The van der Waals surface area contributed by atoms with E-state index in [0.29, 0.717) is 28.2 Å². The van der Waals surface area contributed by atoms with Gasteiger partial charge in [0.1, 0.15) is 5.75 Å². The van der Waals surface area contributed by atoms with E-state index in [4.69, 9.17) is 27.9 Å². The molecule has 0 radical (unpaired) electrons. The van der Waals surface area contributed by atoms with Crippen LogP contribution in [0, 0.1) is 0 Å². The van der Waals surface area contributed by atoms with Crippen LogP contribution in [0.25, 0.3) is 0 Å². The molecule has 0 aliphatic carbocycles. The van der Waals surface area contributed by atoms with Crippen molar-refractivity contribution in [3.05, 3.63) is 40.0 Å². The van der Waals surface area contributed by atoms with Crippen molar-refractivity contribution in [2.24, 2.45) is 0 Å². The summed E-state index contributed by atoms with van der Waals surface area (Å²) >= 11 is 11.9. The number of hydrogen-bond acceptors (Lipinski definition) is 4. The Morgan fingerprint density at radius 3 is 2.78 bits per heavy atom. The van der Waals surface area contributed by atoms with Gasteiger partial charge in [0, 0.05) is 17.6 Å². The van der Waals surface area contributed by atoms with Crippen molar-refractivity contribution in [3.8, 4) is 5.75 Å². The number of nitrogens with zero attached hydrogens (tertiary/aromatic N) is 2. The molecule has 124 valence electrons. The lowest BCUT2D eigenvalue weighted by Gasteiger charge is -2.14. The molecule has 0 spiro atoms. The van der Waals surface area contributed by atoms with E-state index in [1.807, 2.05) is 19.0 Å². The second-order valence-electron chi connectivity index (χ2n) is 5.34. The van der Waals surface area contributed by atoms with Gasteiger partial charge < -0.3 is 15.0 Å². The van der Waals surface area contributed by atoms with Crippen LogP contribution in [0.2, 0.25) is 10.0 Å². The summed E-state index contributed by atoms with van der Waals surface area (Å²) < 4.78 is 5.56. The summed E-state index contributed by atoms with van der Waals surface area (Å²) in [6.45, 7) is 2.34. The van der Waals surface area contributed by atoms with Gasteiger partial charge in [-0.25, -0.2) is 0 Å². The first-order valence-corrected chi connectivity index (χ1v) is 7.72. The van der Waals surface area contributed by atoms with E-state index >= 15 is 0 Å². The number of benzene rings is 1. The Morgan fingerprint density at radius 2 is 2.13 bits per heavy atom. The van der Waals surface area contributed by atoms with Gasteiger partial charge in [-0.3, -0.25) is 9.89 Å². The molecule has 0 aliphatic rings. The predicted molar refractivity (Wildman–Crippen MR) is 91.2 cm³/mol. The monoisotopic (exact) mass is 356 g/mol. The van der Waals surface area contributed by atoms with Gasteiger partial charge in [0.05, 0.1) is 10.7 Å². The number of nitrogens with one attached hydrogen (secondary N) is 2. The molecule has 1 aromatic carbocycles. The number of ether oxygens (including phenoxy) is 1. The van der Waals surface area contributed by atoms with Crippen LogP contribution in [0.15, 0.2) is 24.3 Å². The number of carbonyl (C=O) groups excluding carboxylic acids is 1. The first kappa shape index (κ1) is 17.6. The normalized spacial score (nSPS) is 12.3. The first-order valence-electron chi connectivity index (χ1n) is 6.96. The molecule has 23 heavy (non-hydrogen) atoms. The van der Waals surface area contributed by atoms with Crippen molar-refractivity contribution >= 4 is 34.9 Å². The van der Waals surface area contributed by atoms with Crippen LogP contribution < -0.4 is 10.1 Å². The number of rotatable bonds is 6. The highest BCUT2D eigenvalue weighted by molar-refractivity contribution is 6.35. The van der Waals surface area contributed by atoms with Crippen LogP contribution in [0.4, 0.5) is 5.82 Å². The maximum absolute atomic E-state index is 12.2. The van der Waals surface area contributed by atoms with E-state index in [-0.39, 0.29) is 5.91 Å². The maximum Gasteiger partial charge on any atom is 0.266 e. The van der Waals surface area contributed by atoms with E-state index in [0.717, 1.165) is 5.69 Å². The Balaban J connectivity index is 1.95. The smallest absolute Gasteiger partial charge is 0.266 e. The zero-order valence-corrected chi connectivity index (χ0v) is 14.6. The van der Waals surface area contributed by atoms with Gasteiger partial charge in [0.2, 0.25) is 0 Å². The summed E-state index contributed by atoms with van der Waals surface area (Å²) in [7, 11) is 3.90. The number of amides is 1. The molecule has 1 aromatic heterocycles. The number of aromatic nitrogens is 2. The van der Waals surface area contributed by atoms with Gasteiger partial charge in [0.15, 0.2) is 11.9 Å². The van der Waals surface area contributed by atoms with Crippen molar-refractivity contribution in [3.63, 3.8) is 0 Å². The number of H-pyrrole nitrogens is 1. The number of halogens is 2. The van der Waals surface area contributed by atoms with Gasteiger partial charge in [-0.05, 0) is 39.2 Å². The topological polar surface area (TPSA) is 70.2 Å². The average Bonchev–Trinajstić information content (AvgIpc) is 2.88. The van der Waals surface area contributed by atoms with Crippen LogP contribution in [0.1, 0.15) is 12.6 Å². The van der Waals surface area contributed by atoms with Gasteiger partial charge in [0.25, 0.3) is 5.91 Å². The molecule has 0 saturated heterocycles. The summed E-state index contributed by atoms with van der Waals surface area (Å²) in [6.07, 6.45) is -0.734. The highest BCUT2D eigenvalue weighted by Crippen LogP contribution is 2.28. The van der Waals surface area contributed by atoms with Crippen LogP contribution in [0.5, 0.6) is 5.75 Å². The fourth-order valence-corrected chi connectivity index (χ4v) is 2.34. The zero-order valence-electron chi connectivity index (χ0n) is 13.1. The lowest BCUT2D eigenvalue weighted by atomic mass is 10.3. The summed E-state index contributed by atoms with van der Waals surface area (Å²) in [6, 6.07) is 6.61. The standard InChI is InChI=1S/C15H18Cl2N4O2/c1-9(23-13-5-4-10(16)6-12(13)17)15(22)18-14-7-11(19-20-14)8-21(2)3/h4-7,9H,8H2,1-3H3,(H2,18,19,20,22). The van der Waals surface area contributed by atoms with Crippen molar-refractivity contribution < 1.29 is 9.53 Å². The molecule has 2 rings (SSSR count). The molecule has 2 aromatic rings. The molecule has 1 heterocycles. The maximum atomic E-state index is 12.2. The Bertz CT molecular complexity index is 688. The van der Waals surface area contributed by atoms with Crippen LogP contribution in [0.3, 0.4) is 0 Å². The summed E-state index contributed by atoms with van der Waals surface area (Å²) in [5.41, 5.74) is 0.902. The molecule has 2 N–H and O–H groups in total. The summed E-state index contributed by atoms with van der Waals surface area (Å²) in [4.78, 5) is 14.2. The molecule has 1 amide bonds. The Labute approximate surface area is 144 Å². The summed E-state index contributed by atoms with van der Waals surface area (Å²) in [5, 5.41) is 10.5. The molecule has 6 nitrogen and oxygen atoms in total. The van der Waals surface area contributed by atoms with Gasteiger partial charge in [-0.1, -0.05) is 23.2 Å². The van der Waals surface area contributed by atoms with Crippen molar-refractivity contribution in [1.29, 1.82) is 0 Å². The largest absolute Gasteiger partial charge is 0.479 e. The molecule has 0 saturated carbocycles. The number of aromatic amines is 1. The second kappa shape index (κ2) is 7.68. The van der Waals surface area contributed by atoms with Gasteiger partial charge >= 0.3 is 0 Å². The third-order valence-corrected chi connectivity index (χ3v) is 3.47. The fourth-order valence-electron chi connectivity index (χ4n) is 1.89. The first-order chi connectivity index (χ1) is 10.8. The Morgan fingerprint density at radius 1 is 1.39 bits per heavy atom. The van der Waals surface area contributed by atoms with E-state index < -0.39 is 6.10 Å². The molecular weight excluding hydrogens is 339 g/mol. The van der Waals surface area contributed by atoms with Crippen LogP contribution >= 0.6 is 23.2 Å². The van der Waals surface area contributed by atoms with E-state index in [2.05, 4.69) is 15.5 Å². The average molecular weight is 357 g/mol. The minimum absolute atomic E-state index is 0.320. The third-order valence-electron chi connectivity index (χ3n) is 2.94. The highest BCUT2D eigenvalue weighted by atomic mass is 35.5. The fraction of sp³-hybridized carbons (Fsp3) is 0.333. The minimum atomic E-state index is -0.734. The molecule has 0 bridgehead atoms. The van der Waals surface area contributed by atoms with Crippen molar-refractivity contribution in [2.45, 2.75) is 19.6 Å². The SMILES string of the molecule is CC(Oc1ccc(Cl)cc1Cl)C(=O)Nc1cc(CN(C)C)[nH]n1. The highest BCUT2D eigenvalue weighted by Gasteiger charge is 2.17. The quantitative estimate of drug-likeness (QED) is 0.833. The Kier molecular flexibility index (Phi) is 5.87. The molecule has 0 aliphatic heterocycles. The Hall–Kier alpha value is -1.76. The van der Waals surface area contributed by atoms with E-state index in [1.165, 1.54) is 0 Å². The number of carbonyl (C=O) groups is 1. The van der Waals surface area contributed by atoms with E-state index in [1.54, 1.807) is 31.2 Å². The van der Waals surface area contributed by atoms with Gasteiger partial charge in [-0.2, -0.15) is 5.10 Å². The summed E-state index contributed by atoms with van der Waals surface area (Å²) in [5.74, 6) is 0.525. The van der Waals surface area contributed by atoms with Gasteiger partial charge in [-0.15, -0.1) is 0 Å². The second-order valence-corrected chi connectivity index (χ2v) is 6.18.